The number of carbonyl (C=O) groups is 1. The highest BCUT2D eigenvalue weighted by atomic mass is 32.2. The van der Waals surface area contributed by atoms with E-state index in [2.05, 4.69) is 20.3 Å². The molecule has 0 aliphatic carbocycles. The predicted octanol–water partition coefficient (Wildman–Crippen LogP) is 6.16. The number of sulfonamides is 1. The molecule has 0 heterocycles. The van der Waals surface area contributed by atoms with Crippen LogP contribution in [-0.4, -0.2) is 14.3 Å². The second-order valence-corrected chi connectivity index (χ2v) is 8.71. The number of benzene rings is 4. The second kappa shape index (κ2) is 9.88. The van der Waals surface area contributed by atoms with Crippen LogP contribution in [-0.2, 0) is 10.0 Å². The van der Waals surface area contributed by atoms with Crippen molar-refractivity contribution in [1.82, 2.24) is 0 Å². The molecule has 0 aliphatic heterocycles. The molecule has 33 heavy (non-hydrogen) atoms. The van der Waals surface area contributed by atoms with Gasteiger partial charge in [0.1, 0.15) is 0 Å². The summed E-state index contributed by atoms with van der Waals surface area (Å²) in [4.78, 5) is 12.7. The van der Waals surface area contributed by atoms with Gasteiger partial charge in [0.25, 0.3) is 15.9 Å². The fourth-order valence-corrected chi connectivity index (χ4v) is 4.01. The van der Waals surface area contributed by atoms with Gasteiger partial charge in [0.2, 0.25) is 0 Å². The third-order valence-corrected chi connectivity index (χ3v) is 6.01. The van der Waals surface area contributed by atoms with Crippen LogP contribution in [0.5, 0.6) is 0 Å². The summed E-state index contributed by atoms with van der Waals surface area (Å²) in [5.41, 5.74) is 2.78. The summed E-state index contributed by atoms with van der Waals surface area (Å²) in [7, 11) is -3.69. The summed E-state index contributed by atoms with van der Waals surface area (Å²) in [5.74, 6) is -0.314. The van der Waals surface area contributed by atoms with Crippen LogP contribution in [0.3, 0.4) is 0 Å². The number of hydrogen-bond donors (Lipinski definition) is 2. The van der Waals surface area contributed by atoms with Crippen LogP contribution >= 0.6 is 0 Å². The molecular weight excluding hydrogens is 436 g/mol. The van der Waals surface area contributed by atoms with E-state index >= 15 is 0 Å². The molecule has 0 aliphatic rings. The molecule has 1 amide bonds. The second-order valence-electron chi connectivity index (χ2n) is 7.03. The summed E-state index contributed by atoms with van der Waals surface area (Å²) >= 11 is 0. The standard InChI is InChI=1S/C25H20N4O3S/c30-25(26-20-15-17-22(18-16-20)28-27-21-7-3-1-4-8-21)19-11-13-23(14-12-19)29-33(31,32)24-9-5-2-6-10-24/h1-18,29H,(H,26,30). The minimum Gasteiger partial charge on any atom is -0.322 e. The molecule has 4 aromatic carbocycles. The summed E-state index contributed by atoms with van der Waals surface area (Å²) in [6.45, 7) is 0. The average Bonchev–Trinajstić information content (AvgIpc) is 2.85. The number of amides is 1. The van der Waals surface area contributed by atoms with Crippen molar-refractivity contribution in [1.29, 1.82) is 0 Å². The lowest BCUT2D eigenvalue weighted by Gasteiger charge is -2.09. The zero-order valence-corrected chi connectivity index (χ0v) is 18.2. The van der Waals surface area contributed by atoms with E-state index in [4.69, 9.17) is 0 Å². The topological polar surface area (TPSA) is 100.0 Å². The first kappa shape index (κ1) is 21.9. The molecule has 4 rings (SSSR count). The van der Waals surface area contributed by atoms with Crippen molar-refractivity contribution in [2.24, 2.45) is 10.2 Å². The number of rotatable bonds is 7. The van der Waals surface area contributed by atoms with Gasteiger partial charge >= 0.3 is 0 Å². The molecule has 0 atom stereocenters. The van der Waals surface area contributed by atoms with Gasteiger partial charge in [-0.1, -0.05) is 36.4 Å². The number of nitrogens with zero attached hydrogens (tertiary/aromatic N) is 2. The van der Waals surface area contributed by atoms with Crippen molar-refractivity contribution in [3.05, 3.63) is 115 Å². The van der Waals surface area contributed by atoms with E-state index in [-0.39, 0.29) is 10.8 Å². The lowest BCUT2D eigenvalue weighted by molar-refractivity contribution is 0.102. The predicted molar refractivity (Wildman–Crippen MR) is 129 cm³/mol. The molecular formula is C25H20N4O3S. The van der Waals surface area contributed by atoms with Crippen molar-refractivity contribution in [2.75, 3.05) is 10.0 Å². The smallest absolute Gasteiger partial charge is 0.261 e. The molecule has 0 saturated carbocycles. The molecule has 4 aromatic rings. The Hall–Kier alpha value is -4.30. The van der Waals surface area contributed by atoms with Gasteiger partial charge in [-0.05, 0) is 72.8 Å². The third kappa shape index (κ3) is 5.90. The van der Waals surface area contributed by atoms with Crippen LogP contribution in [0.4, 0.5) is 22.7 Å². The van der Waals surface area contributed by atoms with Gasteiger partial charge in [0, 0.05) is 16.9 Å². The Labute approximate surface area is 191 Å². The van der Waals surface area contributed by atoms with E-state index in [1.165, 1.54) is 12.1 Å². The number of azo groups is 1. The molecule has 8 heteroatoms. The summed E-state index contributed by atoms with van der Waals surface area (Å²) in [5, 5.41) is 11.1. The molecule has 0 spiro atoms. The van der Waals surface area contributed by atoms with Crippen molar-refractivity contribution < 1.29 is 13.2 Å². The molecule has 0 unspecified atom stereocenters. The van der Waals surface area contributed by atoms with Gasteiger partial charge in [0.05, 0.1) is 16.3 Å². The maximum absolute atomic E-state index is 12.5. The molecule has 0 saturated heterocycles. The van der Waals surface area contributed by atoms with Gasteiger partial charge in [-0.2, -0.15) is 10.2 Å². The Kier molecular flexibility index (Phi) is 6.56. The highest BCUT2D eigenvalue weighted by Gasteiger charge is 2.14. The quantitative estimate of drug-likeness (QED) is 0.326. The SMILES string of the molecule is O=C(Nc1ccc(N=Nc2ccccc2)cc1)c1ccc(NS(=O)(=O)c2ccccc2)cc1. The Morgan fingerprint density at radius 3 is 1.73 bits per heavy atom. The zero-order chi connectivity index (χ0) is 23.1. The minimum absolute atomic E-state index is 0.165. The Morgan fingerprint density at radius 1 is 0.606 bits per heavy atom. The number of carbonyl (C=O) groups excluding carboxylic acids is 1. The minimum atomic E-state index is -3.69. The number of anilines is 2. The highest BCUT2D eigenvalue weighted by molar-refractivity contribution is 7.92. The molecule has 2 N–H and O–H groups in total. The third-order valence-electron chi connectivity index (χ3n) is 4.62. The fraction of sp³-hybridized carbons (Fsp3) is 0. The first-order valence-electron chi connectivity index (χ1n) is 10.1. The van der Waals surface area contributed by atoms with Crippen molar-refractivity contribution >= 4 is 38.7 Å². The first-order chi connectivity index (χ1) is 16.0. The maximum atomic E-state index is 12.5. The van der Waals surface area contributed by atoms with E-state index in [0.29, 0.717) is 22.6 Å². The summed E-state index contributed by atoms with van der Waals surface area (Å²) in [6.07, 6.45) is 0. The molecule has 7 nitrogen and oxygen atoms in total. The summed E-state index contributed by atoms with van der Waals surface area (Å²) < 4.78 is 27.3. The van der Waals surface area contributed by atoms with E-state index in [1.807, 2.05) is 30.3 Å². The van der Waals surface area contributed by atoms with Crippen LogP contribution in [0.15, 0.2) is 124 Å². The molecule has 0 aromatic heterocycles. The van der Waals surface area contributed by atoms with Crippen molar-refractivity contribution in [3.63, 3.8) is 0 Å². The molecule has 0 radical (unpaired) electrons. The average molecular weight is 457 g/mol. The fourth-order valence-electron chi connectivity index (χ4n) is 2.93. The van der Waals surface area contributed by atoms with Gasteiger partial charge in [0.15, 0.2) is 0 Å². The Morgan fingerprint density at radius 2 is 1.12 bits per heavy atom. The normalized spacial score (nSPS) is 11.3. The molecule has 0 bridgehead atoms. The van der Waals surface area contributed by atoms with Crippen LogP contribution in [0.1, 0.15) is 10.4 Å². The van der Waals surface area contributed by atoms with Gasteiger partial charge in [-0.3, -0.25) is 9.52 Å². The van der Waals surface area contributed by atoms with Gasteiger partial charge < -0.3 is 5.32 Å². The number of nitrogens with one attached hydrogen (secondary N) is 2. The van der Waals surface area contributed by atoms with E-state index in [0.717, 1.165) is 5.69 Å². The largest absolute Gasteiger partial charge is 0.322 e. The van der Waals surface area contributed by atoms with Crippen molar-refractivity contribution in [3.8, 4) is 0 Å². The summed E-state index contributed by atoms with van der Waals surface area (Å²) in [6, 6.07) is 30.7. The Balaban J connectivity index is 1.37. The first-order valence-corrected chi connectivity index (χ1v) is 11.5. The van der Waals surface area contributed by atoms with Gasteiger partial charge in [-0.25, -0.2) is 8.42 Å². The van der Waals surface area contributed by atoms with Crippen LogP contribution in [0.2, 0.25) is 0 Å². The monoisotopic (exact) mass is 456 g/mol. The zero-order valence-electron chi connectivity index (χ0n) is 17.4. The van der Waals surface area contributed by atoms with E-state index in [9.17, 15) is 13.2 Å². The Bertz CT molecular complexity index is 1360. The number of hydrogen-bond acceptors (Lipinski definition) is 5. The van der Waals surface area contributed by atoms with E-state index in [1.54, 1.807) is 66.7 Å². The lowest BCUT2D eigenvalue weighted by Crippen LogP contribution is -2.14. The molecule has 164 valence electrons. The van der Waals surface area contributed by atoms with Crippen LogP contribution in [0.25, 0.3) is 0 Å². The van der Waals surface area contributed by atoms with Crippen LogP contribution in [0, 0.1) is 0 Å². The molecule has 0 fully saturated rings. The van der Waals surface area contributed by atoms with Crippen LogP contribution < -0.4 is 10.0 Å². The lowest BCUT2D eigenvalue weighted by atomic mass is 10.2. The van der Waals surface area contributed by atoms with E-state index < -0.39 is 10.0 Å². The highest BCUT2D eigenvalue weighted by Crippen LogP contribution is 2.21. The maximum Gasteiger partial charge on any atom is 0.261 e. The van der Waals surface area contributed by atoms with Gasteiger partial charge in [-0.15, -0.1) is 0 Å². The van der Waals surface area contributed by atoms with Crippen molar-refractivity contribution in [2.45, 2.75) is 4.90 Å².